The van der Waals surface area contributed by atoms with E-state index >= 15 is 0 Å². The number of piperazine rings is 1. The molecule has 1 aliphatic rings. The maximum absolute atomic E-state index is 12.4. The van der Waals surface area contributed by atoms with Crippen molar-refractivity contribution in [3.05, 3.63) is 63.7 Å². The predicted octanol–water partition coefficient (Wildman–Crippen LogP) is 1.06. The molecule has 0 atom stereocenters. The van der Waals surface area contributed by atoms with Gasteiger partial charge in [0.1, 0.15) is 0 Å². The first-order valence-corrected chi connectivity index (χ1v) is 11.2. The van der Waals surface area contributed by atoms with E-state index in [-0.39, 0.29) is 22.1 Å². The summed E-state index contributed by atoms with van der Waals surface area (Å²) in [4.78, 5) is 38.4. The van der Waals surface area contributed by atoms with Crippen molar-refractivity contribution in [1.82, 2.24) is 4.90 Å². The summed E-state index contributed by atoms with van der Waals surface area (Å²) in [5.41, 5.74) is 1.34. The van der Waals surface area contributed by atoms with Crippen LogP contribution in [0.3, 0.4) is 0 Å². The fourth-order valence-electron chi connectivity index (χ4n) is 3.29. The smallest absolute Gasteiger partial charge is 0.338 e. The second-order valence-corrected chi connectivity index (χ2v) is 8.80. The molecule has 32 heavy (non-hydrogen) atoms. The quantitative estimate of drug-likeness (QED) is 0.380. The van der Waals surface area contributed by atoms with E-state index in [9.17, 15) is 28.1 Å². The molecule has 1 fully saturated rings. The number of non-ortho nitro benzene ring substituents is 1. The van der Waals surface area contributed by atoms with Crippen LogP contribution < -0.4 is 10.0 Å². The number of benzene rings is 2. The van der Waals surface area contributed by atoms with E-state index < -0.39 is 27.5 Å². The van der Waals surface area contributed by atoms with Gasteiger partial charge in [-0.05, 0) is 36.8 Å². The Hall–Kier alpha value is -3.51. The van der Waals surface area contributed by atoms with E-state index in [4.69, 9.17) is 9.88 Å². The molecule has 1 heterocycles. The Morgan fingerprint density at radius 2 is 1.72 bits per heavy atom. The summed E-state index contributed by atoms with van der Waals surface area (Å²) in [7, 11) is -3.98. The highest BCUT2D eigenvalue weighted by Crippen LogP contribution is 2.21. The van der Waals surface area contributed by atoms with Crippen molar-refractivity contribution < 1.29 is 27.7 Å². The molecule has 0 aliphatic carbocycles. The molecule has 0 bridgehead atoms. The zero-order valence-corrected chi connectivity index (χ0v) is 18.1. The average molecular weight is 462 g/mol. The molecule has 1 aliphatic heterocycles. The number of amides is 1. The lowest BCUT2D eigenvalue weighted by Gasteiger charge is -2.36. The molecule has 0 radical (unpaired) electrons. The topological polar surface area (TPSA) is 153 Å². The minimum atomic E-state index is -3.98. The van der Waals surface area contributed by atoms with Crippen LogP contribution in [0.4, 0.5) is 11.4 Å². The SMILES string of the molecule is Cc1ccc(S(N)(=O)=O)cc1C(=O)OCC(=O)N1CCN(c2ccc([N+](=O)[O-])cc2)CC1. The van der Waals surface area contributed by atoms with Crippen molar-refractivity contribution in [2.45, 2.75) is 11.8 Å². The van der Waals surface area contributed by atoms with Gasteiger partial charge in [0.2, 0.25) is 10.0 Å². The van der Waals surface area contributed by atoms with Gasteiger partial charge < -0.3 is 14.5 Å². The van der Waals surface area contributed by atoms with Gasteiger partial charge in [-0.25, -0.2) is 18.4 Å². The molecule has 12 heteroatoms. The van der Waals surface area contributed by atoms with Gasteiger partial charge in [-0.3, -0.25) is 14.9 Å². The molecular weight excluding hydrogens is 440 g/mol. The van der Waals surface area contributed by atoms with Gasteiger partial charge in [-0.15, -0.1) is 0 Å². The highest BCUT2D eigenvalue weighted by Gasteiger charge is 2.23. The fourth-order valence-corrected chi connectivity index (χ4v) is 3.83. The first-order valence-electron chi connectivity index (χ1n) is 9.64. The summed E-state index contributed by atoms with van der Waals surface area (Å²) in [6, 6.07) is 10.0. The number of nitrogens with two attached hydrogens (primary N) is 1. The number of primary sulfonamides is 1. The largest absolute Gasteiger partial charge is 0.452 e. The molecule has 0 unspecified atom stereocenters. The lowest BCUT2D eigenvalue weighted by Crippen LogP contribution is -2.49. The van der Waals surface area contributed by atoms with E-state index in [0.29, 0.717) is 31.7 Å². The molecule has 0 saturated carbocycles. The van der Waals surface area contributed by atoms with Crippen molar-refractivity contribution in [1.29, 1.82) is 0 Å². The van der Waals surface area contributed by atoms with Crippen molar-refractivity contribution >= 4 is 33.3 Å². The normalized spacial score (nSPS) is 14.2. The highest BCUT2D eigenvalue weighted by atomic mass is 32.2. The van der Waals surface area contributed by atoms with Gasteiger partial charge >= 0.3 is 5.97 Å². The Morgan fingerprint density at radius 1 is 1.09 bits per heavy atom. The van der Waals surface area contributed by atoms with Crippen LogP contribution >= 0.6 is 0 Å². The van der Waals surface area contributed by atoms with Gasteiger partial charge in [0, 0.05) is 44.0 Å². The second kappa shape index (κ2) is 9.32. The number of nitro groups is 1. The van der Waals surface area contributed by atoms with E-state index in [1.807, 2.05) is 4.90 Å². The van der Waals surface area contributed by atoms with Gasteiger partial charge in [0.15, 0.2) is 6.61 Å². The molecule has 11 nitrogen and oxygen atoms in total. The Kier molecular flexibility index (Phi) is 6.75. The fraction of sp³-hybridized carbons (Fsp3) is 0.300. The van der Waals surface area contributed by atoms with E-state index in [1.54, 1.807) is 24.0 Å². The molecule has 170 valence electrons. The summed E-state index contributed by atoms with van der Waals surface area (Å²) in [6.45, 7) is 2.97. The number of ether oxygens (including phenoxy) is 1. The molecule has 2 aromatic carbocycles. The van der Waals surface area contributed by atoms with Crippen LogP contribution in [0, 0.1) is 17.0 Å². The Labute approximate surface area is 184 Å². The number of anilines is 1. The van der Waals surface area contributed by atoms with Crippen LogP contribution in [0.25, 0.3) is 0 Å². The lowest BCUT2D eigenvalue weighted by atomic mass is 10.1. The number of hydrogen-bond donors (Lipinski definition) is 1. The molecule has 0 spiro atoms. The van der Waals surface area contributed by atoms with Crippen LogP contribution in [0.5, 0.6) is 0 Å². The van der Waals surface area contributed by atoms with E-state index in [0.717, 1.165) is 11.8 Å². The predicted molar refractivity (Wildman–Crippen MR) is 115 cm³/mol. The van der Waals surface area contributed by atoms with Crippen LogP contribution in [-0.2, 0) is 19.6 Å². The summed E-state index contributed by atoms with van der Waals surface area (Å²) in [6.07, 6.45) is 0. The second-order valence-electron chi connectivity index (χ2n) is 7.24. The Morgan fingerprint density at radius 3 is 2.28 bits per heavy atom. The lowest BCUT2D eigenvalue weighted by molar-refractivity contribution is -0.384. The van der Waals surface area contributed by atoms with Gasteiger partial charge in [-0.1, -0.05) is 6.07 Å². The van der Waals surface area contributed by atoms with Crippen molar-refractivity contribution in [2.24, 2.45) is 5.14 Å². The van der Waals surface area contributed by atoms with Crippen molar-refractivity contribution in [3.8, 4) is 0 Å². The molecule has 1 amide bonds. The molecular formula is C20H22N4O7S. The number of esters is 1. The van der Waals surface area contributed by atoms with Gasteiger partial charge in [0.05, 0.1) is 15.4 Å². The average Bonchev–Trinajstić information content (AvgIpc) is 2.77. The van der Waals surface area contributed by atoms with E-state index in [1.165, 1.54) is 24.3 Å². The minimum Gasteiger partial charge on any atom is -0.452 e. The summed E-state index contributed by atoms with van der Waals surface area (Å²) < 4.78 is 28.1. The minimum absolute atomic E-state index is 0.00853. The third-order valence-electron chi connectivity index (χ3n) is 5.14. The number of nitrogens with zero attached hydrogens (tertiary/aromatic N) is 3. The van der Waals surface area contributed by atoms with Gasteiger partial charge in [0.25, 0.3) is 11.6 Å². The zero-order chi connectivity index (χ0) is 23.5. The molecule has 3 rings (SSSR count). The molecule has 1 saturated heterocycles. The summed E-state index contributed by atoms with van der Waals surface area (Å²) in [5.74, 6) is -1.19. The third kappa shape index (κ3) is 5.39. The summed E-state index contributed by atoms with van der Waals surface area (Å²) in [5, 5.41) is 15.9. The van der Waals surface area contributed by atoms with Crippen LogP contribution in [0.1, 0.15) is 15.9 Å². The molecule has 2 aromatic rings. The summed E-state index contributed by atoms with van der Waals surface area (Å²) >= 11 is 0. The van der Waals surface area contributed by atoms with Crippen LogP contribution in [-0.4, -0.2) is 62.9 Å². The standard InChI is InChI=1S/C20H22N4O7S/c1-14-2-7-17(32(21,29)30)12-18(14)20(26)31-13-19(25)23-10-8-22(9-11-23)15-3-5-16(6-4-15)24(27)28/h2-7,12H,8-11,13H2,1H3,(H2,21,29,30). The molecule has 0 aromatic heterocycles. The van der Waals surface area contributed by atoms with Crippen LogP contribution in [0.15, 0.2) is 47.4 Å². The Balaban J connectivity index is 1.54. The first-order chi connectivity index (χ1) is 15.1. The number of hydrogen-bond acceptors (Lipinski definition) is 8. The number of sulfonamides is 1. The van der Waals surface area contributed by atoms with E-state index in [2.05, 4.69) is 0 Å². The number of carbonyl (C=O) groups is 2. The van der Waals surface area contributed by atoms with Crippen molar-refractivity contribution in [2.75, 3.05) is 37.7 Å². The zero-order valence-electron chi connectivity index (χ0n) is 17.3. The monoisotopic (exact) mass is 462 g/mol. The van der Waals surface area contributed by atoms with Gasteiger partial charge in [-0.2, -0.15) is 0 Å². The highest BCUT2D eigenvalue weighted by molar-refractivity contribution is 7.89. The third-order valence-corrected chi connectivity index (χ3v) is 6.05. The Bertz CT molecular complexity index is 1140. The molecule has 2 N–H and O–H groups in total. The number of rotatable bonds is 6. The number of aryl methyl sites for hydroxylation is 1. The maximum atomic E-state index is 12.4. The first kappa shape index (κ1) is 23.2. The van der Waals surface area contributed by atoms with Crippen molar-refractivity contribution in [3.63, 3.8) is 0 Å². The number of nitro benzene ring substituents is 1. The van der Waals surface area contributed by atoms with Crippen LogP contribution in [0.2, 0.25) is 0 Å². The maximum Gasteiger partial charge on any atom is 0.338 e. The number of carbonyl (C=O) groups excluding carboxylic acids is 2.